The van der Waals surface area contributed by atoms with Crippen molar-refractivity contribution in [3.63, 3.8) is 0 Å². The molecule has 0 amide bonds. The summed E-state index contributed by atoms with van der Waals surface area (Å²) >= 11 is 0. The van der Waals surface area contributed by atoms with Gasteiger partial charge in [-0.25, -0.2) is 9.07 Å². The first-order valence-corrected chi connectivity index (χ1v) is 11.9. The Kier molecular flexibility index (Phi) is 7.08. The van der Waals surface area contributed by atoms with Crippen LogP contribution in [-0.4, -0.2) is 65.5 Å². The lowest BCUT2D eigenvalue weighted by Crippen LogP contribution is -2.48. The second-order valence-corrected chi connectivity index (χ2v) is 8.72. The molecule has 186 valence electrons. The zero-order chi connectivity index (χ0) is 24.9. The molecule has 2 heterocycles. The highest BCUT2D eigenvalue weighted by atomic mass is 19.1. The minimum Gasteiger partial charge on any atom is -0.497 e. The molecule has 1 unspecified atom stereocenters. The Balaban J connectivity index is 1.39. The number of tetrazole rings is 1. The number of benzene rings is 3. The fourth-order valence-corrected chi connectivity index (χ4v) is 4.62. The fourth-order valence-electron chi connectivity index (χ4n) is 4.62. The Morgan fingerprint density at radius 1 is 0.806 bits per heavy atom. The van der Waals surface area contributed by atoms with Crippen LogP contribution in [-0.2, 0) is 6.54 Å². The van der Waals surface area contributed by atoms with E-state index in [0.29, 0.717) is 6.54 Å². The summed E-state index contributed by atoms with van der Waals surface area (Å²) in [6.45, 7) is 3.84. The summed E-state index contributed by atoms with van der Waals surface area (Å²) in [5.74, 6) is 2.11. The van der Waals surface area contributed by atoms with Gasteiger partial charge in [-0.15, -0.1) is 5.10 Å². The van der Waals surface area contributed by atoms with E-state index >= 15 is 0 Å². The molecule has 0 N–H and O–H groups in total. The van der Waals surface area contributed by atoms with Crippen LogP contribution in [0.4, 0.5) is 10.1 Å². The third-order valence-electron chi connectivity index (χ3n) is 6.60. The molecule has 5 rings (SSSR count). The summed E-state index contributed by atoms with van der Waals surface area (Å²) in [5.41, 5.74) is 3.18. The van der Waals surface area contributed by atoms with E-state index in [9.17, 15) is 4.39 Å². The van der Waals surface area contributed by atoms with Gasteiger partial charge in [-0.2, -0.15) is 0 Å². The van der Waals surface area contributed by atoms with Gasteiger partial charge in [-0.05, 0) is 70.1 Å². The zero-order valence-corrected chi connectivity index (χ0v) is 20.4. The van der Waals surface area contributed by atoms with E-state index in [1.54, 1.807) is 14.2 Å². The third kappa shape index (κ3) is 5.16. The fraction of sp³-hybridized carbons (Fsp3) is 0.296. The molecule has 1 atom stereocenters. The van der Waals surface area contributed by atoms with E-state index in [1.165, 1.54) is 12.1 Å². The third-order valence-corrected chi connectivity index (χ3v) is 6.60. The van der Waals surface area contributed by atoms with Crippen molar-refractivity contribution in [2.75, 3.05) is 45.3 Å². The lowest BCUT2D eigenvalue weighted by atomic mass is 10.0. The molecule has 0 bridgehead atoms. The van der Waals surface area contributed by atoms with Gasteiger partial charge in [0.25, 0.3) is 0 Å². The molecule has 1 aliphatic rings. The Hall–Kier alpha value is -3.98. The van der Waals surface area contributed by atoms with E-state index in [2.05, 4.69) is 37.5 Å². The quantitative estimate of drug-likeness (QED) is 0.374. The first-order chi connectivity index (χ1) is 17.6. The van der Waals surface area contributed by atoms with Gasteiger partial charge in [-0.1, -0.05) is 24.3 Å². The number of halogens is 1. The maximum absolute atomic E-state index is 13.8. The Labute approximate surface area is 209 Å². The molecule has 0 aliphatic carbocycles. The van der Waals surface area contributed by atoms with Crippen LogP contribution >= 0.6 is 0 Å². The minimum absolute atomic E-state index is 0.197. The van der Waals surface area contributed by atoms with Gasteiger partial charge in [0.1, 0.15) is 17.3 Å². The molecule has 8 nitrogen and oxygen atoms in total. The predicted molar refractivity (Wildman–Crippen MR) is 135 cm³/mol. The van der Waals surface area contributed by atoms with Gasteiger partial charge in [0, 0.05) is 31.9 Å². The predicted octanol–water partition coefficient (Wildman–Crippen LogP) is 3.79. The first-order valence-electron chi connectivity index (χ1n) is 11.9. The van der Waals surface area contributed by atoms with Crippen molar-refractivity contribution in [1.29, 1.82) is 0 Å². The molecule has 3 aromatic carbocycles. The van der Waals surface area contributed by atoms with Gasteiger partial charge in [0.15, 0.2) is 5.82 Å². The van der Waals surface area contributed by atoms with E-state index in [1.807, 2.05) is 53.2 Å². The van der Waals surface area contributed by atoms with Crippen LogP contribution in [0.3, 0.4) is 0 Å². The molecule has 9 heteroatoms. The van der Waals surface area contributed by atoms with Crippen molar-refractivity contribution >= 4 is 5.69 Å². The van der Waals surface area contributed by atoms with Crippen LogP contribution in [0.25, 0.3) is 0 Å². The summed E-state index contributed by atoms with van der Waals surface area (Å²) in [6.07, 6.45) is 0. The van der Waals surface area contributed by atoms with Crippen molar-refractivity contribution in [3.05, 3.63) is 95.6 Å². The largest absolute Gasteiger partial charge is 0.497 e. The van der Waals surface area contributed by atoms with Gasteiger partial charge in [0.2, 0.25) is 0 Å². The molecule has 36 heavy (non-hydrogen) atoms. The molecule has 0 saturated carbocycles. The van der Waals surface area contributed by atoms with Crippen LogP contribution in [0, 0.1) is 5.82 Å². The minimum atomic E-state index is -0.264. The topological polar surface area (TPSA) is 68.5 Å². The van der Waals surface area contributed by atoms with Crippen molar-refractivity contribution in [1.82, 2.24) is 25.1 Å². The number of methoxy groups -OCH3 is 2. The molecular weight excluding hydrogens is 459 g/mol. The number of hydrogen-bond acceptors (Lipinski definition) is 7. The second-order valence-electron chi connectivity index (χ2n) is 8.72. The van der Waals surface area contributed by atoms with Gasteiger partial charge >= 0.3 is 0 Å². The van der Waals surface area contributed by atoms with Crippen molar-refractivity contribution in [3.8, 4) is 11.5 Å². The number of aromatic nitrogens is 4. The standard InChI is InChI=1S/C27H29FN6O2/c1-35-24-11-3-20(4-12-24)19-34-27(29-30-31-34)26(21-5-7-22(28)8-6-21)33-17-15-32(16-18-33)23-9-13-25(36-2)14-10-23/h3-14,26H,15-19H2,1-2H3. The Morgan fingerprint density at radius 2 is 1.42 bits per heavy atom. The molecule has 1 aliphatic heterocycles. The maximum Gasteiger partial charge on any atom is 0.173 e. The maximum atomic E-state index is 13.8. The van der Waals surface area contributed by atoms with E-state index < -0.39 is 0 Å². The summed E-state index contributed by atoms with van der Waals surface area (Å²) in [5, 5.41) is 12.7. The number of nitrogens with zero attached hydrogens (tertiary/aromatic N) is 6. The number of ether oxygens (including phenoxy) is 2. The average molecular weight is 489 g/mol. The average Bonchev–Trinajstić information content (AvgIpc) is 3.38. The van der Waals surface area contributed by atoms with Crippen molar-refractivity contribution < 1.29 is 13.9 Å². The molecule has 4 aromatic rings. The highest BCUT2D eigenvalue weighted by molar-refractivity contribution is 5.49. The van der Waals surface area contributed by atoms with Gasteiger partial charge < -0.3 is 14.4 Å². The number of piperazine rings is 1. The number of rotatable bonds is 8. The molecule has 0 spiro atoms. The summed E-state index contributed by atoms with van der Waals surface area (Å²) in [7, 11) is 3.32. The normalized spacial score (nSPS) is 15.0. The lowest BCUT2D eigenvalue weighted by molar-refractivity contribution is 0.201. The van der Waals surface area contributed by atoms with Gasteiger partial charge in [0.05, 0.1) is 26.8 Å². The molecule has 1 fully saturated rings. The first kappa shape index (κ1) is 23.7. The van der Waals surface area contributed by atoms with Crippen LogP contribution in [0.1, 0.15) is 23.0 Å². The van der Waals surface area contributed by atoms with Crippen LogP contribution < -0.4 is 14.4 Å². The number of hydrogen-bond donors (Lipinski definition) is 0. The van der Waals surface area contributed by atoms with Crippen molar-refractivity contribution in [2.45, 2.75) is 12.6 Å². The van der Waals surface area contributed by atoms with E-state index in [-0.39, 0.29) is 11.9 Å². The SMILES string of the molecule is COc1ccc(Cn2nnnc2C(c2ccc(F)cc2)N2CCN(c3ccc(OC)cc3)CC2)cc1. The second kappa shape index (κ2) is 10.7. The Morgan fingerprint density at radius 3 is 2.03 bits per heavy atom. The monoisotopic (exact) mass is 488 g/mol. The smallest absolute Gasteiger partial charge is 0.173 e. The highest BCUT2D eigenvalue weighted by Gasteiger charge is 2.31. The molecule has 1 saturated heterocycles. The summed E-state index contributed by atoms with van der Waals surface area (Å²) < 4.78 is 26.2. The van der Waals surface area contributed by atoms with Crippen LogP contribution in [0.15, 0.2) is 72.8 Å². The van der Waals surface area contributed by atoms with E-state index in [4.69, 9.17) is 9.47 Å². The summed E-state index contributed by atoms with van der Waals surface area (Å²) in [6, 6.07) is 22.4. The molecule has 1 aromatic heterocycles. The van der Waals surface area contributed by atoms with Crippen molar-refractivity contribution in [2.24, 2.45) is 0 Å². The zero-order valence-electron chi connectivity index (χ0n) is 20.4. The lowest BCUT2D eigenvalue weighted by Gasteiger charge is -2.40. The Bertz CT molecular complexity index is 1250. The number of anilines is 1. The van der Waals surface area contributed by atoms with Gasteiger partial charge in [-0.3, -0.25) is 4.90 Å². The molecular formula is C27H29FN6O2. The van der Waals surface area contributed by atoms with Crippen LogP contribution in [0.2, 0.25) is 0 Å². The highest BCUT2D eigenvalue weighted by Crippen LogP contribution is 2.30. The summed E-state index contributed by atoms with van der Waals surface area (Å²) in [4.78, 5) is 4.72. The molecule has 0 radical (unpaired) electrons. The van der Waals surface area contributed by atoms with Crippen LogP contribution in [0.5, 0.6) is 11.5 Å². The van der Waals surface area contributed by atoms with E-state index in [0.717, 1.165) is 60.3 Å².